The number of carbonyl (C=O) groups is 2. The molecule has 61 heavy (non-hydrogen) atoms. The molecule has 15 nitrogen and oxygen atoms in total. The zero-order valence-corrected chi connectivity index (χ0v) is 35.3. The molecule has 318 valence electrons. The number of carbonyl (C=O) groups excluding carboxylic acids is 2. The molecule has 4 heterocycles. The van der Waals surface area contributed by atoms with Crippen molar-refractivity contribution in [2.45, 2.75) is 83.6 Å². The molecular weight excluding hydrogens is 773 g/mol. The number of nitrogens with zero attached hydrogens (tertiary/aromatic N) is 7. The van der Waals surface area contributed by atoms with Gasteiger partial charge in [0, 0.05) is 13.1 Å². The van der Waals surface area contributed by atoms with Gasteiger partial charge in [0.05, 0.1) is 43.7 Å². The molecule has 15 heteroatoms. The number of aliphatic imine (C=N–C) groups is 2. The molecule has 0 bridgehead atoms. The number of aromatic amines is 1. The van der Waals surface area contributed by atoms with E-state index in [1.165, 1.54) is 13.5 Å². The van der Waals surface area contributed by atoms with Crippen LogP contribution in [0.5, 0.6) is 5.75 Å². The van der Waals surface area contributed by atoms with Crippen LogP contribution in [-0.2, 0) is 19.4 Å². The molecule has 2 fully saturated rings. The Morgan fingerprint density at radius 1 is 0.885 bits per heavy atom. The summed E-state index contributed by atoms with van der Waals surface area (Å²) in [7, 11) is 1.40. The molecule has 0 radical (unpaired) electrons. The van der Waals surface area contributed by atoms with E-state index in [4.69, 9.17) is 26.2 Å². The number of aromatic nitrogens is 2. The smallest absolute Gasteiger partial charge is 0.374 e. The number of amidine groups is 2. The molecule has 1 aromatic heterocycles. The number of H-pyrrole nitrogens is 1. The van der Waals surface area contributed by atoms with Crippen LogP contribution in [-0.4, -0.2) is 94.7 Å². The molecule has 0 spiro atoms. The SMILES string of the molecule is [C-]#[N+]N=C(N[C@H](C(=O)N1CCC[C@H]1c1ncc(-c2ccc(-c3ccc(C4CN=C([C@@H]5CCCN5C(=O)[C@@H](/N=C\OOC)C(C)C)N4)cc3)cc2)[nH]1)C(C)C)Oc1ccccc1. The molecule has 2 amide bonds. The lowest BCUT2D eigenvalue weighted by Gasteiger charge is -2.30. The zero-order valence-electron chi connectivity index (χ0n) is 35.3. The van der Waals surface area contributed by atoms with Gasteiger partial charge in [-0.05, 0) is 71.9 Å². The Bertz CT molecular complexity index is 2250. The highest BCUT2D eigenvalue weighted by Crippen LogP contribution is 2.34. The predicted molar refractivity (Wildman–Crippen MR) is 234 cm³/mol. The number of nitrogens with one attached hydrogen (secondary N) is 3. The molecule has 0 aliphatic carbocycles. The average Bonchev–Trinajstić information content (AvgIpc) is 4.12. The first-order valence-electron chi connectivity index (χ1n) is 21.0. The van der Waals surface area contributed by atoms with E-state index >= 15 is 0 Å². The Labute approximate surface area is 357 Å². The summed E-state index contributed by atoms with van der Waals surface area (Å²) >= 11 is 0. The van der Waals surface area contributed by atoms with Crippen molar-refractivity contribution in [3.63, 3.8) is 0 Å². The van der Waals surface area contributed by atoms with Crippen molar-refractivity contribution in [2.75, 3.05) is 26.7 Å². The number of hydrogen-bond donors (Lipinski definition) is 3. The maximum Gasteiger partial charge on any atom is 0.374 e. The Kier molecular flexibility index (Phi) is 13.7. The monoisotopic (exact) mass is 826 g/mol. The zero-order chi connectivity index (χ0) is 42.9. The number of imidazole rings is 1. The number of para-hydroxylation sites is 1. The summed E-state index contributed by atoms with van der Waals surface area (Å²) in [6, 6.07) is 24.4. The van der Waals surface area contributed by atoms with Gasteiger partial charge in [-0.25, -0.2) is 9.98 Å². The summed E-state index contributed by atoms with van der Waals surface area (Å²) in [4.78, 5) is 61.5. The number of hydrogen-bond acceptors (Lipinski definition) is 10. The maximum absolute atomic E-state index is 14.1. The average molecular weight is 827 g/mol. The van der Waals surface area contributed by atoms with Gasteiger partial charge in [0.2, 0.25) is 18.2 Å². The standard InChI is InChI=1S/C46H54N10O5/c1-29(2)40(50-28-60-59-6)44(57)55-24-10-14-38(55)42-48-26-36(51-42)33-20-16-31(17-21-33)32-18-22-34(23-19-32)37-27-49-43(52-37)39-15-11-25-56(39)45(58)41(30(3)4)53-46(54-47-5)61-35-12-8-7-9-13-35/h7-9,12-13,16-23,27-30,36,38-41H,10-11,14-15,24-26H2,1-4,6H3,(H,48,51)(H,49,52)(H,53,54)/b50-28-/t36?,38-,39-,40-,41-/m0/s1. The van der Waals surface area contributed by atoms with Crippen LogP contribution in [0.2, 0.25) is 0 Å². The van der Waals surface area contributed by atoms with Gasteiger partial charge in [0.25, 0.3) is 0 Å². The van der Waals surface area contributed by atoms with E-state index < -0.39 is 12.1 Å². The van der Waals surface area contributed by atoms with Gasteiger partial charge in [0.1, 0.15) is 34.6 Å². The molecule has 3 aromatic carbocycles. The van der Waals surface area contributed by atoms with E-state index in [-0.39, 0.29) is 47.8 Å². The first-order chi connectivity index (χ1) is 29.6. The van der Waals surface area contributed by atoms with Crippen molar-refractivity contribution in [2.24, 2.45) is 26.9 Å². The minimum atomic E-state index is -0.659. The Morgan fingerprint density at radius 3 is 2.20 bits per heavy atom. The normalized spacial score (nSPS) is 20.1. The Balaban J connectivity index is 0.963. The Morgan fingerprint density at radius 2 is 1.54 bits per heavy atom. The van der Waals surface area contributed by atoms with Crippen LogP contribution >= 0.6 is 0 Å². The third kappa shape index (κ3) is 9.92. The van der Waals surface area contributed by atoms with Crippen molar-refractivity contribution in [1.82, 2.24) is 30.4 Å². The van der Waals surface area contributed by atoms with E-state index in [1.54, 1.807) is 12.1 Å². The van der Waals surface area contributed by atoms with E-state index in [2.05, 4.69) is 84.1 Å². The number of amides is 2. The highest BCUT2D eigenvalue weighted by molar-refractivity contribution is 5.95. The van der Waals surface area contributed by atoms with Crippen molar-refractivity contribution in [3.05, 3.63) is 108 Å². The summed E-state index contributed by atoms with van der Waals surface area (Å²) in [5.74, 6) is 1.87. The fourth-order valence-corrected chi connectivity index (χ4v) is 8.26. The Hall–Kier alpha value is -6.53. The third-order valence-corrected chi connectivity index (χ3v) is 11.5. The van der Waals surface area contributed by atoms with Gasteiger partial charge in [-0.2, -0.15) is 11.5 Å². The quantitative estimate of drug-likeness (QED) is 0.0405. The van der Waals surface area contributed by atoms with E-state index in [0.29, 0.717) is 25.4 Å². The summed E-state index contributed by atoms with van der Waals surface area (Å²) in [6.07, 6.45) is 6.41. The first-order valence-corrected chi connectivity index (χ1v) is 21.0. The maximum atomic E-state index is 14.1. The molecule has 3 aliphatic heterocycles. The number of likely N-dealkylation sites (tertiary alicyclic amines) is 2. The molecule has 7 rings (SSSR count). The van der Waals surface area contributed by atoms with Gasteiger partial charge in [-0.15, -0.1) is 4.95 Å². The predicted octanol–water partition coefficient (Wildman–Crippen LogP) is 6.96. The summed E-state index contributed by atoms with van der Waals surface area (Å²) in [6.45, 7) is 17.0. The topological polar surface area (TPSA) is 162 Å². The number of rotatable bonds is 14. The van der Waals surface area contributed by atoms with Gasteiger partial charge in [-0.1, -0.05) is 94.4 Å². The summed E-state index contributed by atoms with van der Waals surface area (Å²) < 4.78 is 5.84. The van der Waals surface area contributed by atoms with Gasteiger partial charge >= 0.3 is 6.02 Å². The molecular formula is C46H54N10O5. The van der Waals surface area contributed by atoms with Gasteiger partial charge in [0.15, 0.2) is 0 Å². The van der Waals surface area contributed by atoms with Crippen LogP contribution in [0.1, 0.15) is 76.8 Å². The van der Waals surface area contributed by atoms with Crippen LogP contribution in [0.4, 0.5) is 0 Å². The largest absolute Gasteiger partial charge is 0.421 e. The van der Waals surface area contributed by atoms with Crippen LogP contribution < -0.4 is 15.4 Å². The van der Waals surface area contributed by atoms with Gasteiger partial charge in [-0.3, -0.25) is 14.6 Å². The third-order valence-electron chi connectivity index (χ3n) is 11.5. The highest BCUT2D eigenvalue weighted by atomic mass is 17.2. The second-order valence-corrected chi connectivity index (χ2v) is 16.2. The van der Waals surface area contributed by atoms with Crippen molar-refractivity contribution in [3.8, 4) is 28.1 Å². The van der Waals surface area contributed by atoms with E-state index in [0.717, 1.165) is 65.3 Å². The number of ether oxygens (including phenoxy) is 1. The molecule has 0 saturated carbocycles. The van der Waals surface area contributed by atoms with Crippen molar-refractivity contribution >= 4 is 30.1 Å². The first kappa shape index (κ1) is 42.6. The summed E-state index contributed by atoms with van der Waals surface area (Å²) in [5, 5.41) is 10.5. The molecule has 3 N–H and O–H groups in total. The molecule has 5 atom stereocenters. The summed E-state index contributed by atoms with van der Waals surface area (Å²) in [5.41, 5.74) is 5.17. The second kappa shape index (κ2) is 19.7. The minimum absolute atomic E-state index is 0.000719. The van der Waals surface area contributed by atoms with Crippen LogP contribution in [0, 0.1) is 18.4 Å². The lowest BCUT2D eigenvalue weighted by Crippen LogP contribution is -2.52. The van der Waals surface area contributed by atoms with Crippen LogP contribution in [0.25, 0.3) is 27.3 Å². The second-order valence-electron chi connectivity index (χ2n) is 16.2. The molecule has 1 unspecified atom stereocenters. The van der Waals surface area contributed by atoms with E-state index in [1.807, 2.05) is 61.9 Å². The fraction of sp³-hybridized carbons (Fsp3) is 0.413. The highest BCUT2D eigenvalue weighted by Gasteiger charge is 2.40. The van der Waals surface area contributed by atoms with Crippen LogP contribution in [0.3, 0.4) is 0 Å². The molecule has 2 saturated heterocycles. The van der Waals surface area contributed by atoms with E-state index in [9.17, 15) is 9.59 Å². The van der Waals surface area contributed by atoms with Crippen LogP contribution in [0.15, 0.2) is 100 Å². The van der Waals surface area contributed by atoms with Gasteiger partial charge < -0.3 is 35.0 Å². The lowest BCUT2D eigenvalue weighted by atomic mass is 9.99. The minimum Gasteiger partial charge on any atom is -0.421 e. The van der Waals surface area contributed by atoms with Crippen molar-refractivity contribution < 1.29 is 24.1 Å². The lowest BCUT2D eigenvalue weighted by molar-refractivity contribution is -0.188. The fourth-order valence-electron chi connectivity index (χ4n) is 8.26. The molecule has 4 aromatic rings. The van der Waals surface area contributed by atoms with Crippen molar-refractivity contribution in [1.29, 1.82) is 0 Å². The molecule has 3 aliphatic rings. The number of benzene rings is 3.